The van der Waals surface area contributed by atoms with Crippen molar-refractivity contribution in [2.24, 2.45) is 4.99 Å². The van der Waals surface area contributed by atoms with Crippen molar-refractivity contribution in [1.82, 2.24) is 9.88 Å². The number of anilines is 1. The maximum absolute atomic E-state index is 12.7. The van der Waals surface area contributed by atoms with Gasteiger partial charge in [0.15, 0.2) is 0 Å². The van der Waals surface area contributed by atoms with E-state index in [1.807, 2.05) is 24.3 Å². The Balaban J connectivity index is 1.93. The number of likely N-dealkylation sites (tertiary alicyclic amines) is 1. The van der Waals surface area contributed by atoms with E-state index in [9.17, 15) is 14.4 Å². The van der Waals surface area contributed by atoms with Crippen LogP contribution in [0.25, 0.3) is 10.9 Å². The Hall–Kier alpha value is -3.05. The van der Waals surface area contributed by atoms with E-state index >= 15 is 0 Å². The van der Waals surface area contributed by atoms with Crippen LogP contribution in [-0.4, -0.2) is 54.0 Å². The molecule has 1 aromatic heterocycles. The van der Waals surface area contributed by atoms with Gasteiger partial charge in [-0.2, -0.15) is 4.99 Å². The third-order valence-corrected chi connectivity index (χ3v) is 4.48. The Bertz CT molecular complexity index is 849. The first-order valence-corrected chi connectivity index (χ1v) is 8.66. The number of piperidine rings is 1. The fourth-order valence-electron chi connectivity index (χ4n) is 3.18. The van der Waals surface area contributed by atoms with Gasteiger partial charge in [-0.3, -0.25) is 19.5 Å². The molecule has 1 fully saturated rings. The van der Waals surface area contributed by atoms with Crippen molar-refractivity contribution in [2.45, 2.75) is 19.3 Å². The molecule has 26 heavy (non-hydrogen) atoms. The maximum Gasteiger partial charge on any atom is 0.250 e. The molecule has 0 aliphatic carbocycles. The first-order valence-electron chi connectivity index (χ1n) is 8.66. The lowest BCUT2D eigenvalue weighted by Crippen LogP contribution is -2.45. The SMILES string of the molecule is O=C=NCC(=O)N(CC(=O)N1CCCCC1)c1cccc2cccnc12. The highest BCUT2D eigenvalue weighted by molar-refractivity contribution is 6.05. The number of benzene rings is 1. The summed E-state index contributed by atoms with van der Waals surface area (Å²) >= 11 is 0. The minimum atomic E-state index is -0.433. The van der Waals surface area contributed by atoms with Crippen LogP contribution in [0.5, 0.6) is 0 Å². The Kier molecular flexibility index (Phi) is 5.71. The minimum absolute atomic E-state index is 0.0943. The number of hydrogen-bond acceptors (Lipinski definition) is 5. The van der Waals surface area contributed by atoms with Crippen LogP contribution in [0.15, 0.2) is 41.5 Å². The number of carbonyl (C=O) groups is 2. The summed E-state index contributed by atoms with van der Waals surface area (Å²) < 4.78 is 0. The van der Waals surface area contributed by atoms with E-state index in [4.69, 9.17) is 0 Å². The molecule has 0 atom stereocenters. The van der Waals surface area contributed by atoms with Crippen molar-refractivity contribution < 1.29 is 14.4 Å². The molecule has 1 aliphatic heterocycles. The first-order chi connectivity index (χ1) is 12.7. The second-order valence-electron chi connectivity index (χ2n) is 6.18. The second kappa shape index (κ2) is 8.36. The van der Waals surface area contributed by atoms with Crippen molar-refractivity contribution in [3.8, 4) is 0 Å². The zero-order valence-corrected chi connectivity index (χ0v) is 14.4. The van der Waals surface area contributed by atoms with Crippen molar-refractivity contribution >= 4 is 34.5 Å². The van der Waals surface area contributed by atoms with Gasteiger partial charge in [0.25, 0.3) is 0 Å². The molecule has 1 aliphatic rings. The van der Waals surface area contributed by atoms with Gasteiger partial charge < -0.3 is 4.90 Å². The normalized spacial score (nSPS) is 13.9. The molecular formula is C19H20N4O3. The molecule has 7 nitrogen and oxygen atoms in total. The number of aromatic nitrogens is 1. The Morgan fingerprint density at radius 3 is 2.69 bits per heavy atom. The molecule has 1 saturated heterocycles. The summed E-state index contributed by atoms with van der Waals surface area (Å²) in [5.41, 5.74) is 1.17. The van der Waals surface area contributed by atoms with Gasteiger partial charge >= 0.3 is 0 Å². The van der Waals surface area contributed by atoms with Crippen molar-refractivity contribution in [3.05, 3.63) is 36.5 Å². The molecule has 0 unspecified atom stereocenters. The number of rotatable bonds is 5. The Labute approximate surface area is 151 Å². The summed E-state index contributed by atoms with van der Waals surface area (Å²) in [6.45, 7) is 0.977. The highest BCUT2D eigenvalue weighted by atomic mass is 16.2. The number of amides is 2. The highest BCUT2D eigenvalue weighted by Gasteiger charge is 2.25. The minimum Gasteiger partial charge on any atom is -0.341 e. The van der Waals surface area contributed by atoms with Gasteiger partial charge in [-0.05, 0) is 31.4 Å². The average molecular weight is 352 g/mol. The molecule has 2 amide bonds. The van der Waals surface area contributed by atoms with Crippen LogP contribution in [0, 0.1) is 0 Å². The summed E-state index contributed by atoms with van der Waals surface area (Å²) in [5.74, 6) is -0.544. The zero-order chi connectivity index (χ0) is 18.4. The molecular weight excluding hydrogens is 332 g/mol. The van der Waals surface area contributed by atoms with Gasteiger partial charge in [-0.25, -0.2) is 4.79 Å². The number of carbonyl (C=O) groups excluding carboxylic acids is 3. The fourth-order valence-corrected chi connectivity index (χ4v) is 3.18. The van der Waals surface area contributed by atoms with Crippen molar-refractivity contribution in [2.75, 3.05) is 31.1 Å². The zero-order valence-electron chi connectivity index (χ0n) is 14.4. The molecule has 0 bridgehead atoms. The number of isocyanates is 1. The first kappa shape index (κ1) is 17.8. The molecule has 0 N–H and O–H groups in total. The van der Waals surface area contributed by atoms with Crippen molar-refractivity contribution in [1.29, 1.82) is 0 Å². The van der Waals surface area contributed by atoms with E-state index < -0.39 is 5.91 Å². The molecule has 1 aromatic carbocycles. The van der Waals surface area contributed by atoms with Crippen LogP contribution in [-0.2, 0) is 14.4 Å². The van der Waals surface area contributed by atoms with Crippen LogP contribution in [0.3, 0.4) is 0 Å². The number of nitrogens with zero attached hydrogens (tertiary/aromatic N) is 4. The van der Waals surface area contributed by atoms with E-state index in [1.54, 1.807) is 17.2 Å². The predicted molar refractivity (Wildman–Crippen MR) is 97.5 cm³/mol. The standard InChI is InChI=1S/C19H20N4O3/c24-14-20-12-17(25)23(13-18(26)22-10-2-1-3-11-22)16-8-4-6-15-7-5-9-21-19(15)16/h4-9H,1-3,10-13H2. The van der Waals surface area contributed by atoms with E-state index in [0.717, 1.165) is 24.6 Å². The van der Waals surface area contributed by atoms with Gasteiger partial charge in [0.1, 0.15) is 13.1 Å². The molecule has 0 saturated carbocycles. The number of para-hydroxylation sites is 1. The third-order valence-electron chi connectivity index (χ3n) is 4.48. The van der Waals surface area contributed by atoms with E-state index in [2.05, 4.69) is 9.98 Å². The second-order valence-corrected chi connectivity index (χ2v) is 6.18. The summed E-state index contributed by atoms with van der Waals surface area (Å²) in [6.07, 6.45) is 6.09. The molecule has 3 rings (SSSR count). The molecule has 7 heteroatoms. The van der Waals surface area contributed by atoms with Gasteiger partial charge in [-0.1, -0.05) is 18.2 Å². The average Bonchev–Trinajstić information content (AvgIpc) is 2.70. The van der Waals surface area contributed by atoms with E-state index in [0.29, 0.717) is 24.3 Å². The largest absolute Gasteiger partial charge is 0.341 e. The van der Waals surface area contributed by atoms with E-state index in [-0.39, 0.29) is 19.0 Å². The summed E-state index contributed by atoms with van der Waals surface area (Å²) in [6, 6.07) is 9.16. The van der Waals surface area contributed by atoms with Crippen LogP contribution in [0.1, 0.15) is 19.3 Å². The Morgan fingerprint density at radius 1 is 1.15 bits per heavy atom. The Morgan fingerprint density at radius 2 is 1.92 bits per heavy atom. The lowest BCUT2D eigenvalue weighted by molar-refractivity contribution is -0.132. The monoisotopic (exact) mass is 352 g/mol. The summed E-state index contributed by atoms with van der Waals surface area (Å²) in [7, 11) is 0. The van der Waals surface area contributed by atoms with Gasteiger partial charge in [0.05, 0.1) is 11.2 Å². The molecule has 0 spiro atoms. The van der Waals surface area contributed by atoms with Crippen molar-refractivity contribution in [3.63, 3.8) is 0 Å². The fraction of sp³-hybridized carbons (Fsp3) is 0.368. The summed E-state index contributed by atoms with van der Waals surface area (Å²) in [4.78, 5) is 46.6. The molecule has 134 valence electrons. The lowest BCUT2D eigenvalue weighted by atomic mass is 10.1. The van der Waals surface area contributed by atoms with Crippen LogP contribution < -0.4 is 4.90 Å². The number of pyridine rings is 1. The summed E-state index contributed by atoms with van der Waals surface area (Å²) in [5, 5.41) is 0.868. The smallest absolute Gasteiger partial charge is 0.250 e. The molecule has 2 aromatic rings. The maximum atomic E-state index is 12.7. The predicted octanol–water partition coefficient (Wildman–Crippen LogP) is 1.92. The number of aliphatic imine (C=N–C) groups is 1. The quantitative estimate of drug-likeness (QED) is 0.608. The lowest BCUT2D eigenvalue weighted by Gasteiger charge is -2.30. The van der Waals surface area contributed by atoms with Crippen LogP contribution in [0.2, 0.25) is 0 Å². The number of fused-ring (bicyclic) bond motifs is 1. The van der Waals surface area contributed by atoms with Gasteiger partial charge in [0.2, 0.25) is 17.9 Å². The number of hydrogen-bond donors (Lipinski definition) is 0. The van der Waals surface area contributed by atoms with Gasteiger partial charge in [0, 0.05) is 24.7 Å². The highest BCUT2D eigenvalue weighted by Crippen LogP contribution is 2.25. The molecule has 2 heterocycles. The third kappa shape index (κ3) is 3.95. The topological polar surface area (TPSA) is 82.9 Å². The van der Waals surface area contributed by atoms with Crippen LogP contribution >= 0.6 is 0 Å². The van der Waals surface area contributed by atoms with Crippen LogP contribution in [0.4, 0.5) is 5.69 Å². The van der Waals surface area contributed by atoms with E-state index in [1.165, 1.54) is 11.0 Å². The molecule has 0 radical (unpaired) electrons. The van der Waals surface area contributed by atoms with Gasteiger partial charge in [-0.15, -0.1) is 0 Å².